The average molecular weight is 400 g/mol. The van der Waals surface area contributed by atoms with E-state index in [0.29, 0.717) is 22.4 Å². The minimum atomic E-state index is -0.277. The molecule has 28 heavy (non-hydrogen) atoms. The molecular formula is C19H20N4O4S. The number of nitrogens with zero attached hydrogens (tertiary/aromatic N) is 3. The van der Waals surface area contributed by atoms with Crippen LogP contribution in [-0.2, 0) is 29.3 Å². The molecule has 2 aromatic heterocycles. The molecule has 0 saturated carbocycles. The molecule has 0 unspecified atom stereocenters. The Bertz CT molecular complexity index is 1000. The van der Waals surface area contributed by atoms with E-state index >= 15 is 0 Å². The normalized spacial score (nSPS) is 10.6. The van der Waals surface area contributed by atoms with Crippen LogP contribution in [0.4, 0.5) is 5.13 Å². The Morgan fingerprint density at radius 1 is 1.21 bits per heavy atom. The largest absolute Gasteiger partial charge is 0.483 e. The Morgan fingerprint density at radius 2 is 2.00 bits per heavy atom. The van der Waals surface area contributed by atoms with Crippen molar-refractivity contribution in [3.05, 3.63) is 69.1 Å². The van der Waals surface area contributed by atoms with Gasteiger partial charge in [0.05, 0.1) is 6.20 Å². The number of methoxy groups -OCH3 is 1. The maximum Gasteiger partial charge on any atom is 0.246 e. The topological polar surface area (TPSA) is 95.3 Å². The maximum atomic E-state index is 12.3. The quantitative estimate of drug-likeness (QED) is 0.624. The molecule has 0 aliphatic rings. The van der Waals surface area contributed by atoms with Crippen molar-refractivity contribution in [1.82, 2.24) is 14.8 Å². The molecule has 0 aliphatic carbocycles. The number of amides is 1. The number of aromatic nitrogens is 3. The summed E-state index contributed by atoms with van der Waals surface area (Å²) in [5.41, 5.74) is 1.39. The highest BCUT2D eigenvalue weighted by atomic mass is 32.1. The molecule has 9 heteroatoms. The van der Waals surface area contributed by atoms with E-state index in [4.69, 9.17) is 9.47 Å². The highest BCUT2D eigenvalue weighted by Gasteiger charge is 2.12. The Labute approximate surface area is 165 Å². The van der Waals surface area contributed by atoms with Crippen molar-refractivity contribution in [2.45, 2.75) is 26.7 Å². The minimum absolute atomic E-state index is 0.0208. The third-order valence-corrected chi connectivity index (χ3v) is 4.65. The third kappa shape index (κ3) is 5.24. The van der Waals surface area contributed by atoms with Crippen LogP contribution in [0.25, 0.3) is 0 Å². The van der Waals surface area contributed by atoms with Crippen molar-refractivity contribution in [1.29, 1.82) is 0 Å². The molecule has 146 valence electrons. The first-order valence-corrected chi connectivity index (χ1v) is 9.36. The van der Waals surface area contributed by atoms with Gasteiger partial charge in [-0.15, -0.1) is 10.2 Å². The summed E-state index contributed by atoms with van der Waals surface area (Å²) in [5.74, 6) is -0.0820. The molecule has 2 heterocycles. The monoisotopic (exact) mass is 400 g/mol. The number of hydrogen-bond donors (Lipinski definition) is 1. The average Bonchev–Trinajstić information content (AvgIpc) is 3.11. The van der Waals surface area contributed by atoms with Crippen LogP contribution in [0.3, 0.4) is 0 Å². The number of benzene rings is 1. The lowest BCUT2D eigenvalue weighted by Crippen LogP contribution is -2.22. The summed E-state index contributed by atoms with van der Waals surface area (Å²) in [5, 5.41) is 11.6. The maximum absolute atomic E-state index is 12.3. The van der Waals surface area contributed by atoms with E-state index < -0.39 is 0 Å². The van der Waals surface area contributed by atoms with Crippen molar-refractivity contribution >= 4 is 22.4 Å². The number of anilines is 1. The lowest BCUT2D eigenvalue weighted by atomic mass is 10.2. The second kappa shape index (κ2) is 9.25. The summed E-state index contributed by atoms with van der Waals surface area (Å²) >= 11 is 1.25. The fourth-order valence-corrected chi connectivity index (χ4v) is 3.19. The number of carbonyl (C=O) groups is 1. The van der Waals surface area contributed by atoms with Gasteiger partial charge in [0.15, 0.2) is 5.75 Å². The molecule has 1 amide bonds. The van der Waals surface area contributed by atoms with Crippen molar-refractivity contribution in [2.24, 2.45) is 0 Å². The minimum Gasteiger partial charge on any atom is -0.483 e. The number of nitrogens with one attached hydrogen (secondary N) is 1. The Balaban J connectivity index is 1.67. The SMILES string of the molecule is COCc1nnc(NC(=O)Cn2cc(OCc3ccccc3)c(=O)cc2C)s1. The van der Waals surface area contributed by atoms with Gasteiger partial charge >= 0.3 is 0 Å². The fraction of sp³-hybridized carbons (Fsp3) is 0.263. The zero-order valence-corrected chi connectivity index (χ0v) is 16.4. The van der Waals surface area contributed by atoms with E-state index in [0.717, 1.165) is 5.56 Å². The van der Waals surface area contributed by atoms with Crippen LogP contribution < -0.4 is 15.5 Å². The van der Waals surface area contributed by atoms with Gasteiger partial charge in [-0.25, -0.2) is 0 Å². The third-order valence-electron chi connectivity index (χ3n) is 3.84. The molecule has 3 aromatic rings. The number of aryl methyl sites for hydroxylation is 1. The second-order valence-electron chi connectivity index (χ2n) is 6.03. The molecule has 8 nitrogen and oxygen atoms in total. The lowest BCUT2D eigenvalue weighted by molar-refractivity contribution is -0.116. The van der Waals surface area contributed by atoms with Crippen LogP contribution in [0.15, 0.2) is 47.4 Å². The van der Waals surface area contributed by atoms with Crippen LogP contribution in [0.2, 0.25) is 0 Å². The fourth-order valence-electron chi connectivity index (χ4n) is 2.46. The van der Waals surface area contributed by atoms with E-state index in [1.54, 1.807) is 24.8 Å². The molecule has 3 rings (SSSR count). The van der Waals surface area contributed by atoms with Gasteiger partial charge in [0, 0.05) is 18.9 Å². The van der Waals surface area contributed by atoms with Gasteiger partial charge in [-0.3, -0.25) is 14.9 Å². The summed E-state index contributed by atoms with van der Waals surface area (Å²) in [7, 11) is 1.57. The van der Waals surface area contributed by atoms with Gasteiger partial charge in [0.2, 0.25) is 16.5 Å². The summed E-state index contributed by atoms with van der Waals surface area (Å²) in [6, 6.07) is 11.0. The lowest BCUT2D eigenvalue weighted by Gasteiger charge is -2.13. The Kier molecular flexibility index (Phi) is 6.51. The van der Waals surface area contributed by atoms with Gasteiger partial charge in [0.25, 0.3) is 0 Å². The Morgan fingerprint density at radius 3 is 2.75 bits per heavy atom. The van der Waals surface area contributed by atoms with E-state index in [9.17, 15) is 9.59 Å². The van der Waals surface area contributed by atoms with Gasteiger partial charge in [-0.05, 0) is 12.5 Å². The first kappa shape index (κ1) is 19.7. The van der Waals surface area contributed by atoms with E-state index in [1.807, 2.05) is 30.3 Å². The highest BCUT2D eigenvalue weighted by Crippen LogP contribution is 2.16. The van der Waals surface area contributed by atoms with Crippen molar-refractivity contribution in [2.75, 3.05) is 12.4 Å². The van der Waals surface area contributed by atoms with Crippen LogP contribution in [0.1, 0.15) is 16.3 Å². The molecule has 0 aliphatic heterocycles. The van der Waals surface area contributed by atoms with Crippen LogP contribution in [0.5, 0.6) is 5.75 Å². The molecule has 0 atom stereocenters. The smallest absolute Gasteiger partial charge is 0.246 e. The summed E-state index contributed by atoms with van der Waals surface area (Å²) in [6.07, 6.45) is 1.55. The number of carbonyl (C=O) groups excluding carboxylic acids is 1. The highest BCUT2D eigenvalue weighted by molar-refractivity contribution is 7.15. The first-order chi connectivity index (χ1) is 13.5. The molecule has 0 saturated heterocycles. The molecule has 0 spiro atoms. The van der Waals surface area contributed by atoms with Gasteiger partial charge in [-0.2, -0.15) is 0 Å². The van der Waals surface area contributed by atoms with Crippen molar-refractivity contribution in [3.63, 3.8) is 0 Å². The standard InChI is InChI=1S/C19H20N4O4S/c1-13-8-15(24)16(27-11-14-6-4-3-5-7-14)9-23(13)10-17(25)20-19-22-21-18(28-19)12-26-2/h3-9H,10-12H2,1-2H3,(H,20,22,25). The number of ether oxygens (including phenoxy) is 2. The van der Waals surface area contributed by atoms with Gasteiger partial charge < -0.3 is 14.0 Å². The number of pyridine rings is 1. The van der Waals surface area contributed by atoms with Crippen molar-refractivity contribution < 1.29 is 14.3 Å². The number of rotatable bonds is 8. The molecule has 0 bridgehead atoms. The van der Waals surface area contributed by atoms with Gasteiger partial charge in [-0.1, -0.05) is 41.7 Å². The molecular weight excluding hydrogens is 380 g/mol. The first-order valence-electron chi connectivity index (χ1n) is 8.54. The van der Waals surface area contributed by atoms with Crippen LogP contribution in [0, 0.1) is 6.92 Å². The molecule has 1 N–H and O–H groups in total. The summed E-state index contributed by atoms with van der Waals surface area (Å²) in [6.45, 7) is 2.40. The Hall–Kier alpha value is -3.04. The van der Waals surface area contributed by atoms with E-state index in [2.05, 4.69) is 15.5 Å². The van der Waals surface area contributed by atoms with Crippen LogP contribution >= 0.6 is 11.3 Å². The van der Waals surface area contributed by atoms with E-state index in [-0.39, 0.29) is 30.2 Å². The molecule has 1 aromatic carbocycles. The second-order valence-corrected chi connectivity index (χ2v) is 7.09. The van der Waals surface area contributed by atoms with Crippen molar-refractivity contribution in [3.8, 4) is 5.75 Å². The zero-order valence-electron chi connectivity index (χ0n) is 15.5. The van der Waals surface area contributed by atoms with Crippen LogP contribution in [-0.4, -0.2) is 27.8 Å². The molecule has 0 fully saturated rings. The predicted octanol–water partition coefficient (Wildman–Crippen LogP) is 2.37. The molecule has 0 radical (unpaired) electrons. The van der Waals surface area contributed by atoms with Gasteiger partial charge in [0.1, 0.15) is 24.8 Å². The summed E-state index contributed by atoms with van der Waals surface area (Å²) < 4.78 is 12.3. The predicted molar refractivity (Wildman–Crippen MR) is 105 cm³/mol. The van der Waals surface area contributed by atoms with E-state index in [1.165, 1.54) is 17.4 Å². The number of hydrogen-bond acceptors (Lipinski definition) is 7. The summed E-state index contributed by atoms with van der Waals surface area (Å²) in [4.78, 5) is 24.5. The zero-order chi connectivity index (χ0) is 19.9.